The molecule has 122 valence electrons. The molecule has 0 spiro atoms. The molecule has 4 heteroatoms. The molecule has 2 N–H and O–H groups in total. The lowest BCUT2D eigenvalue weighted by Crippen LogP contribution is -2.40. The van der Waals surface area contributed by atoms with Crippen molar-refractivity contribution < 1.29 is 14.7 Å². The van der Waals surface area contributed by atoms with Crippen molar-refractivity contribution in [1.29, 1.82) is 0 Å². The van der Waals surface area contributed by atoms with Gasteiger partial charge in [0.2, 0.25) is 5.91 Å². The number of carbonyl (C=O) groups excluding carboxylic acids is 1. The summed E-state index contributed by atoms with van der Waals surface area (Å²) in [7, 11) is 0. The highest BCUT2D eigenvalue weighted by Crippen LogP contribution is 2.30. The zero-order chi connectivity index (χ0) is 15.7. The van der Waals surface area contributed by atoms with Crippen LogP contribution in [-0.4, -0.2) is 23.5 Å². The fraction of sp³-hybridized carbons (Fsp3) is 0.882. The number of aliphatic carboxylic acids is 1. The standard InChI is InChI=1S/C17H31NO3/c1-13(2)9-5-3-4-8-12-18-16(19)14-10-6-7-11-15(14)17(20)21/h13-15H,3-12H2,1-2H3,(H,18,19)(H,20,21)/t14-,15+/m1/s1. The van der Waals surface area contributed by atoms with Crippen LogP contribution < -0.4 is 5.32 Å². The van der Waals surface area contributed by atoms with Crippen LogP contribution in [0.3, 0.4) is 0 Å². The van der Waals surface area contributed by atoms with Crippen LogP contribution in [0, 0.1) is 17.8 Å². The maximum atomic E-state index is 12.1. The highest BCUT2D eigenvalue weighted by atomic mass is 16.4. The van der Waals surface area contributed by atoms with Crippen LogP contribution >= 0.6 is 0 Å². The Kier molecular flexibility index (Phi) is 8.40. The van der Waals surface area contributed by atoms with E-state index in [0.717, 1.165) is 38.0 Å². The van der Waals surface area contributed by atoms with E-state index in [1.807, 2.05) is 0 Å². The number of carboxylic acid groups (broad SMARTS) is 1. The summed E-state index contributed by atoms with van der Waals surface area (Å²) in [5, 5.41) is 12.1. The largest absolute Gasteiger partial charge is 0.481 e. The number of unbranched alkanes of at least 4 members (excludes halogenated alkanes) is 3. The first-order valence-corrected chi connectivity index (χ1v) is 8.53. The van der Waals surface area contributed by atoms with Gasteiger partial charge in [0, 0.05) is 6.54 Å². The third-order valence-corrected chi connectivity index (χ3v) is 4.43. The van der Waals surface area contributed by atoms with Crippen LogP contribution in [-0.2, 0) is 9.59 Å². The van der Waals surface area contributed by atoms with Crippen LogP contribution in [0.25, 0.3) is 0 Å². The molecule has 21 heavy (non-hydrogen) atoms. The Bertz CT molecular complexity index is 328. The highest BCUT2D eigenvalue weighted by Gasteiger charge is 2.35. The molecule has 0 heterocycles. The van der Waals surface area contributed by atoms with Crippen LogP contribution in [0.5, 0.6) is 0 Å². The predicted octanol–water partition coefficient (Wildman–Crippen LogP) is 3.60. The molecule has 1 saturated carbocycles. The van der Waals surface area contributed by atoms with Crippen LogP contribution in [0.2, 0.25) is 0 Å². The normalized spacial score (nSPS) is 22.2. The summed E-state index contributed by atoms with van der Waals surface area (Å²) in [6, 6.07) is 0. The average molecular weight is 297 g/mol. The van der Waals surface area contributed by atoms with Crippen molar-refractivity contribution >= 4 is 11.9 Å². The highest BCUT2D eigenvalue weighted by molar-refractivity contribution is 5.84. The lowest BCUT2D eigenvalue weighted by atomic mass is 9.78. The molecule has 0 radical (unpaired) electrons. The van der Waals surface area contributed by atoms with Crippen molar-refractivity contribution in [2.24, 2.45) is 17.8 Å². The summed E-state index contributed by atoms with van der Waals surface area (Å²) < 4.78 is 0. The minimum absolute atomic E-state index is 0.0516. The molecule has 0 aromatic heterocycles. The van der Waals surface area contributed by atoms with Crippen molar-refractivity contribution in [2.75, 3.05) is 6.54 Å². The van der Waals surface area contributed by atoms with E-state index in [4.69, 9.17) is 0 Å². The molecule has 1 aliphatic rings. The lowest BCUT2D eigenvalue weighted by molar-refractivity contribution is -0.148. The van der Waals surface area contributed by atoms with E-state index in [1.54, 1.807) is 0 Å². The molecular weight excluding hydrogens is 266 g/mol. The van der Waals surface area contributed by atoms with Gasteiger partial charge in [0.15, 0.2) is 0 Å². The van der Waals surface area contributed by atoms with Crippen LogP contribution in [0.15, 0.2) is 0 Å². The molecule has 0 bridgehead atoms. The number of carboxylic acids is 1. The quantitative estimate of drug-likeness (QED) is 0.639. The van der Waals surface area contributed by atoms with Gasteiger partial charge in [0.05, 0.1) is 11.8 Å². The summed E-state index contributed by atoms with van der Waals surface area (Å²) in [6.45, 7) is 5.16. The van der Waals surface area contributed by atoms with Gasteiger partial charge in [-0.05, 0) is 25.2 Å². The predicted molar refractivity (Wildman–Crippen MR) is 84.0 cm³/mol. The van der Waals surface area contributed by atoms with E-state index >= 15 is 0 Å². The fourth-order valence-electron chi connectivity index (χ4n) is 3.11. The third kappa shape index (κ3) is 6.96. The van der Waals surface area contributed by atoms with Gasteiger partial charge >= 0.3 is 5.97 Å². The molecule has 0 aliphatic heterocycles. The zero-order valence-electron chi connectivity index (χ0n) is 13.6. The van der Waals surface area contributed by atoms with Gasteiger partial charge in [-0.15, -0.1) is 0 Å². The topological polar surface area (TPSA) is 66.4 Å². The molecular formula is C17H31NO3. The fourth-order valence-corrected chi connectivity index (χ4v) is 3.11. The maximum absolute atomic E-state index is 12.1. The number of amides is 1. The second kappa shape index (κ2) is 9.80. The maximum Gasteiger partial charge on any atom is 0.307 e. The van der Waals surface area contributed by atoms with Crippen molar-refractivity contribution in [3.05, 3.63) is 0 Å². The number of hydrogen-bond acceptors (Lipinski definition) is 2. The number of hydrogen-bond donors (Lipinski definition) is 2. The first-order chi connectivity index (χ1) is 10.0. The Morgan fingerprint density at radius 3 is 2.29 bits per heavy atom. The second-order valence-electron chi connectivity index (χ2n) is 6.72. The van der Waals surface area contributed by atoms with Crippen molar-refractivity contribution in [1.82, 2.24) is 5.32 Å². The van der Waals surface area contributed by atoms with Crippen molar-refractivity contribution in [3.63, 3.8) is 0 Å². The van der Waals surface area contributed by atoms with Gasteiger partial charge in [-0.1, -0.05) is 52.4 Å². The molecule has 1 fully saturated rings. The Morgan fingerprint density at radius 1 is 1.05 bits per heavy atom. The van der Waals surface area contributed by atoms with Crippen molar-refractivity contribution in [3.8, 4) is 0 Å². The summed E-state index contributed by atoms with van der Waals surface area (Å²) in [5.41, 5.74) is 0. The van der Waals surface area contributed by atoms with Gasteiger partial charge in [-0.3, -0.25) is 9.59 Å². The van der Waals surface area contributed by atoms with Gasteiger partial charge in [0.1, 0.15) is 0 Å². The van der Waals surface area contributed by atoms with Crippen LogP contribution in [0.4, 0.5) is 0 Å². The van der Waals surface area contributed by atoms with E-state index in [9.17, 15) is 14.7 Å². The second-order valence-corrected chi connectivity index (χ2v) is 6.72. The molecule has 4 nitrogen and oxygen atoms in total. The van der Waals surface area contributed by atoms with E-state index in [0.29, 0.717) is 13.0 Å². The Morgan fingerprint density at radius 2 is 1.67 bits per heavy atom. The number of carbonyl (C=O) groups is 2. The first-order valence-electron chi connectivity index (χ1n) is 8.53. The molecule has 0 unspecified atom stereocenters. The van der Waals surface area contributed by atoms with Gasteiger partial charge in [0.25, 0.3) is 0 Å². The molecule has 0 aromatic rings. The molecule has 1 rings (SSSR count). The molecule has 2 atom stereocenters. The summed E-state index contributed by atoms with van der Waals surface area (Å²) >= 11 is 0. The van der Waals surface area contributed by atoms with E-state index in [1.165, 1.54) is 19.3 Å². The molecule has 1 aliphatic carbocycles. The molecule has 0 saturated heterocycles. The van der Waals surface area contributed by atoms with Gasteiger partial charge in [-0.25, -0.2) is 0 Å². The van der Waals surface area contributed by atoms with Crippen LogP contribution in [0.1, 0.15) is 71.6 Å². The minimum Gasteiger partial charge on any atom is -0.481 e. The number of rotatable bonds is 9. The minimum atomic E-state index is -0.816. The SMILES string of the molecule is CC(C)CCCCCCNC(=O)[C@@H]1CCCC[C@@H]1C(=O)O. The third-order valence-electron chi connectivity index (χ3n) is 4.43. The van der Waals surface area contributed by atoms with Gasteiger partial charge in [-0.2, -0.15) is 0 Å². The van der Waals surface area contributed by atoms with E-state index in [2.05, 4.69) is 19.2 Å². The molecule has 0 aromatic carbocycles. The summed E-state index contributed by atoms with van der Waals surface area (Å²) in [4.78, 5) is 23.3. The number of nitrogens with one attached hydrogen (secondary N) is 1. The Labute approximate surface area is 128 Å². The van der Waals surface area contributed by atoms with Crippen molar-refractivity contribution in [2.45, 2.75) is 71.6 Å². The average Bonchev–Trinajstić information content (AvgIpc) is 2.45. The summed E-state index contributed by atoms with van der Waals surface area (Å²) in [5.74, 6) is -0.904. The monoisotopic (exact) mass is 297 g/mol. The first kappa shape index (κ1) is 18.0. The Balaban J connectivity index is 2.16. The zero-order valence-corrected chi connectivity index (χ0v) is 13.6. The Hall–Kier alpha value is -1.06. The lowest BCUT2D eigenvalue weighted by Gasteiger charge is -2.27. The van der Waals surface area contributed by atoms with E-state index < -0.39 is 11.9 Å². The molecule has 1 amide bonds. The van der Waals surface area contributed by atoms with Gasteiger partial charge < -0.3 is 10.4 Å². The smallest absolute Gasteiger partial charge is 0.307 e. The van der Waals surface area contributed by atoms with E-state index in [-0.39, 0.29) is 11.8 Å². The summed E-state index contributed by atoms with van der Waals surface area (Å²) in [6.07, 6.45) is 9.14.